The average molecular weight is 700 g/mol. The number of hydrogen-bond acceptors (Lipinski definition) is 19. The van der Waals surface area contributed by atoms with Crippen LogP contribution in [-0.2, 0) is 90.0 Å². The standard InChI is InChI=1S/C26H35O20P/c1-10(27)36-8-17-19(38-12(3)29)21(39-13(4)30)23(41-15(6)32)25(43-17)45-20-18(9-37-11(2)28)44-26(46-47(34)35)24(42-16(7)33)22(20)40-14(5)31/h17-26H,8-9H2,1-7H3/p+1/t17-,18-,19-,20-,21+,22+,23-,24-,25+,26-/m1/s1. The van der Waals surface area contributed by atoms with Gasteiger partial charge in [-0.05, 0) is 0 Å². The molecule has 2 fully saturated rings. The number of carbonyl (C=O) groups excluding carboxylic acids is 7. The van der Waals surface area contributed by atoms with Crippen LogP contribution in [0.4, 0.5) is 0 Å². The fourth-order valence-electron chi connectivity index (χ4n) is 4.65. The van der Waals surface area contributed by atoms with Gasteiger partial charge in [-0.15, -0.1) is 4.89 Å². The summed E-state index contributed by atoms with van der Waals surface area (Å²) in [5.74, 6) is -6.36. The smallest absolute Gasteiger partial charge is 0.463 e. The molecule has 0 aliphatic carbocycles. The molecule has 264 valence electrons. The topological polar surface area (TPSA) is 258 Å². The normalized spacial score (nSPS) is 30.5. The highest BCUT2D eigenvalue weighted by Crippen LogP contribution is 2.37. The molecule has 2 aliphatic rings. The molecular formula is C26H36O20P+. The minimum absolute atomic E-state index is 0.612. The van der Waals surface area contributed by atoms with Gasteiger partial charge in [0.05, 0.1) is 0 Å². The lowest BCUT2D eigenvalue weighted by molar-refractivity contribution is -0.354. The molecule has 0 bridgehead atoms. The van der Waals surface area contributed by atoms with E-state index in [0.29, 0.717) is 0 Å². The molecule has 1 N–H and O–H groups in total. The third-order valence-electron chi connectivity index (χ3n) is 6.08. The second-order valence-electron chi connectivity index (χ2n) is 10.0. The summed E-state index contributed by atoms with van der Waals surface area (Å²) in [5, 5.41) is 0. The van der Waals surface area contributed by atoms with Gasteiger partial charge in [0.1, 0.15) is 31.5 Å². The summed E-state index contributed by atoms with van der Waals surface area (Å²) in [6, 6.07) is 0. The van der Waals surface area contributed by atoms with Gasteiger partial charge in [-0.3, -0.25) is 33.6 Å². The molecule has 47 heavy (non-hydrogen) atoms. The van der Waals surface area contributed by atoms with Gasteiger partial charge in [0, 0.05) is 53.0 Å². The predicted octanol–water partition coefficient (Wildman–Crippen LogP) is -0.728. The van der Waals surface area contributed by atoms with Crippen LogP contribution in [0.2, 0.25) is 0 Å². The van der Waals surface area contributed by atoms with E-state index in [0.717, 1.165) is 48.5 Å². The van der Waals surface area contributed by atoms with Crippen LogP contribution in [0.1, 0.15) is 48.5 Å². The zero-order valence-corrected chi connectivity index (χ0v) is 27.2. The van der Waals surface area contributed by atoms with Crippen LogP contribution in [0.15, 0.2) is 0 Å². The third kappa shape index (κ3) is 12.4. The Kier molecular flexibility index (Phi) is 15.0. The van der Waals surface area contributed by atoms with Crippen LogP contribution in [0.5, 0.6) is 0 Å². The van der Waals surface area contributed by atoms with Gasteiger partial charge in [0.2, 0.25) is 0 Å². The summed E-state index contributed by atoms with van der Waals surface area (Å²) in [6.45, 7) is 5.75. The summed E-state index contributed by atoms with van der Waals surface area (Å²) in [4.78, 5) is 93.6. The Morgan fingerprint density at radius 2 is 0.851 bits per heavy atom. The second kappa shape index (κ2) is 17.9. The highest BCUT2D eigenvalue weighted by atomic mass is 31.1. The lowest BCUT2D eigenvalue weighted by Gasteiger charge is -2.48. The summed E-state index contributed by atoms with van der Waals surface area (Å²) in [6.07, 6.45) is -17.0. The Labute approximate surface area is 268 Å². The van der Waals surface area contributed by atoms with Crippen LogP contribution in [0.25, 0.3) is 0 Å². The van der Waals surface area contributed by atoms with Gasteiger partial charge >= 0.3 is 50.0 Å². The molecule has 2 aliphatic heterocycles. The van der Waals surface area contributed by atoms with Gasteiger partial charge in [0.15, 0.2) is 36.8 Å². The fourth-order valence-corrected chi connectivity index (χ4v) is 4.99. The average Bonchev–Trinajstić information content (AvgIpc) is 2.91. The van der Waals surface area contributed by atoms with Gasteiger partial charge in [-0.25, -0.2) is 0 Å². The van der Waals surface area contributed by atoms with E-state index in [4.69, 9.17) is 51.9 Å². The molecule has 2 saturated heterocycles. The van der Waals surface area contributed by atoms with Gasteiger partial charge < -0.3 is 47.4 Å². The molecule has 21 heteroatoms. The lowest BCUT2D eigenvalue weighted by Crippen LogP contribution is -2.67. The SMILES string of the molecule is CC(=O)OC[C@H]1O[C@@H](O[C@H]2[C@H](OC(C)=O)[C@@H](OC(C)=O)[C@@H](O[P+](=O)O)O[C@@H]2COC(C)=O)[C@H](OC(C)=O)[C@@H](OC(C)=O)[C@@H]1OC(C)=O. The first-order chi connectivity index (χ1) is 21.9. The van der Waals surface area contributed by atoms with Crippen molar-refractivity contribution >= 4 is 50.0 Å². The molecule has 0 radical (unpaired) electrons. The largest absolute Gasteiger partial charge is 0.697 e. The van der Waals surface area contributed by atoms with Crippen molar-refractivity contribution in [1.29, 1.82) is 0 Å². The zero-order chi connectivity index (χ0) is 35.6. The third-order valence-corrected chi connectivity index (χ3v) is 6.47. The van der Waals surface area contributed by atoms with Crippen molar-refractivity contribution in [2.45, 2.75) is 110 Å². The van der Waals surface area contributed by atoms with E-state index < -0.39 is 125 Å². The molecule has 1 unspecified atom stereocenters. The lowest BCUT2D eigenvalue weighted by atomic mass is 9.96. The minimum Gasteiger partial charge on any atom is -0.463 e. The van der Waals surface area contributed by atoms with E-state index in [-0.39, 0.29) is 0 Å². The summed E-state index contributed by atoms with van der Waals surface area (Å²) < 4.78 is 71.0. The van der Waals surface area contributed by atoms with Crippen LogP contribution in [-0.4, -0.2) is 121 Å². The molecule has 0 spiro atoms. The van der Waals surface area contributed by atoms with Gasteiger partial charge in [0.25, 0.3) is 6.29 Å². The Morgan fingerprint density at radius 3 is 1.26 bits per heavy atom. The zero-order valence-electron chi connectivity index (χ0n) is 26.3. The number of hydrogen-bond donors (Lipinski definition) is 1. The van der Waals surface area contributed by atoms with Crippen molar-refractivity contribution < 1.29 is 94.9 Å². The number of ether oxygens (including phenoxy) is 10. The van der Waals surface area contributed by atoms with Crippen molar-refractivity contribution in [3.63, 3.8) is 0 Å². The molecular weight excluding hydrogens is 663 g/mol. The second-order valence-corrected chi connectivity index (χ2v) is 10.7. The fraction of sp³-hybridized carbons (Fsp3) is 0.731. The van der Waals surface area contributed by atoms with E-state index >= 15 is 0 Å². The summed E-state index contributed by atoms with van der Waals surface area (Å²) in [5.41, 5.74) is 0. The Bertz CT molecular complexity index is 1200. The molecule has 2 heterocycles. The number of carbonyl (C=O) groups is 7. The predicted molar refractivity (Wildman–Crippen MR) is 144 cm³/mol. The Hall–Kier alpha value is -3.81. The van der Waals surface area contributed by atoms with Crippen molar-refractivity contribution in [3.8, 4) is 0 Å². The van der Waals surface area contributed by atoms with Crippen LogP contribution in [0, 0.1) is 0 Å². The first-order valence-corrected chi connectivity index (χ1v) is 14.9. The highest BCUT2D eigenvalue weighted by molar-refractivity contribution is 7.32. The van der Waals surface area contributed by atoms with Crippen molar-refractivity contribution in [2.24, 2.45) is 0 Å². The minimum atomic E-state index is -3.41. The maximum Gasteiger partial charge on any atom is 0.697 e. The molecule has 0 saturated carbocycles. The molecule has 0 aromatic heterocycles. The van der Waals surface area contributed by atoms with Crippen molar-refractivity contribution in [2.75, 3.05) is 13.2 Å². The first-order valence-electron chi connectivity index (χ1n) is 13.8. The van der Waals surface area contributed by atoms with E-state index in [2.05, 4.69) is 0 Å². The number of rotatable bonds is 13. The maximum atomic E-state index is 12.3. The van der Waals surface area contributed by atoms with E-state index in [1.807, 2.05) is 0 Å². The monoisotopic (exact) mass is 699 g/mol. The van der Waals surface area contributed by atoms with Crippen molar-refractivity contribution in [1.82, 2.24) is 0 Å². The molecule has 0 amide bonds. The maximum absolute atomic E-state index is 12.3. The van der Waals surface area contributed by atoms with Gasteiger partial charge in [-0.2, -0.15) is 0 Å². The molecule has 0 aromatic rings. The summed E-state index contributed by atoms with van der Waals surface area (Å²) >= 11 is 0. The Balaban J connectivity index is 2.73. The van der Waals surface area contributed by atoms with Crippen LogP contribution in [0.3, 0.4) is 0 Å². The summed E-state index contributed by atoms with van der Waals surface area (Å²) in [7, 11) is -3.41. The Morgan fingerprint density at radius 1 is 0.511 bits per heavy atom. The first kappa shape index (κ1) is 39.4. The highest BCUT2D eigenvalue weighted by Gasteiger charge is 2.58. The van der Waals surface area contributed by atoms with E-state index in [1.54, 1.807) is 0 Å². The molecule has 0 aromatic carbocycles. The van der Waals surface area contributed by atoms with Crippen LogP contribution < -0.4 is 0 Å². The molecule has 20 nitrogen and oxygen atoms in total. The molecule has 11 atom stereocenters. The van der Waals surface area contributed by atoms with Crippen LogP contribution >= 0.6 is 8.25 Å². The van der Waals surface area contributed by atoms with Crippen molar-refractivity contribution in [3.05, 3.63) is 0 Å². The van der Waals surface area contributed by atoms with E-state index in [9.17, 15) is 43.0 Å². The number of esters is 7. The van der Waals surface area contributed by atoms with Gasteiger partial charge in [-0.1, -0.05) is 4.52 Å². The molecule has 2 rings (SSSR count). The van der Waals surface area contributed by atoms with E-state index in [1.165, 1.54) is 0 Å². The quantitative estimate of drug-likeness (QED) is 0.141.